The number of hydrogen-bond donors (Lipinski definition) is 2. The molecule has 0 fully saturated rings. The highest BCUT2D eigenvalue weighted by Crippen LogP contribution is 2.07. The number of rotatable bonds is 7. The maximum atomic E-state index is 4.40. The molecule has 108 valence electrons. The minimum Gasteiger partial charge on any atom is -0.313 e. The number of hydrogen-bond acceptors (Lipinski definition) is 3. The van der Waals surface area contributed by atoms with Crippen LogP contribution < -0.4 is 10.6 Å². The van der Waals surface area contributed by atoms with Gasteiger partial charge in [-0.3, -0.25) is 0 Å². The number of benzene rings is 1. The van der Waals surface area contributed by atoms with Crippen LogP contribution in [0.3, 0.4) is 0 Å². The van der Waals surface area contributed by atoms with Crippen LogP contribution in [0.4, 0.5) is 0 Å². The highest BCUT2D eigenvalue weighted by Gasteiger charge is 2.04. The molecule has 1 heterocycles. The summed E-state index contributed by atoms with van der Waals surface area (Å²) in [7, 11) is 0. The SMILES string of the molecule is CC(C)NCC(C)NCc1cnn(-c2ccccc2)c1. The lowest BCUT2D eigenvalue weighted by atomic mass is 10.2. The molecule has 0 aliphatic carbocycles. The summed E-state index contributed by atoms with van der Waals surface area (Å²) in [4.78, 5) is 0. The molecule has 0 amide bonds. The zero-order chi connectivity index (χ0) is 14.4. The first-order valence-corrected chi connectivity index (χ1v) is 7.21. The predicted octanol–water partition coefficient (Wildman–Crippen LogP) is 2.35. The zero-order valence-electron chi connectivity index (χ0n) is 12.5. The lowest BCUT2D eigenvalue weighted by Gasteiger charge is -2.15. The Hall–Kier alpha value is -1.65. The largest absolute Gasteiger partial charge is 0.313 e. The standard InChI is InChI=1S/C16H24N4/c1-13(2)17-9-14(3)18-10-15-11-19-20(12-15)16-7-5-4-6-8-16/h4-8,11-14,17-18H,9-10H2,1-3H3. The molecular weight excluding hydrogens is 248 g/mol. The molecule has 1 atom stereocenters. The molecule has 20 heavy (non-hydrogen) atoms. The van der Waals surface area contributed by atoms with E-state index in [1.165, 1.54) is 5.56 Å². The Bertz CT molecular complexity index is 504. The van der Waals surface area contributed by atoms with Crippen molar-refractivity contribution in [3.8, 4) is 5.69 Å². The van der Waals surface area contributed by atoms with Gasteiger partial charge < -0.3 is 10.6 Å². The first kappa shape index (κ1) is 14.8. The molecule has 1 aromatic heterocycles. The van der Waals surface area contributed by atoms with Crippen molar-refractivity contribution in [1.29, 1.82) is 0 Å². The molecule has 2 aromatic rings. The maximum Gasteiger partial charge on any atom is 0.0645 e. The van der Waals surface area contributed by atoms with Gasteiger partial charge in [0.25, 0.3) is 0 Å². The highest BCUT2D eigenvalue weighted by atomic mass is 15.3. The average Bonchev–Trinajstić information content (AvgIpc) is 2.93. The van der Waals surface area contributed by atoms with Gasteiger partial charge in [-0.2, -0.15) is 5.10 Å². The van der Waals surface area contributed by atoms with Gasteiger partial charge in [-0.1, -0.05) is 32.0 Å². The first-order chi connectivity index (χ1) is 9.65. The van der Waals surface area contributed by atoms with Crippen molar-refractivity contribution < 1.29 is 0 Å². The van der Waals surface area contributed by atoms with Crippen molar-refractivity contribution in [1.82, 2.24) is 20.4 Å². The lowest BCUT2D eigenvalue weighted by molar-refractivity contribution is 0.474. The normalized spacial score (nSPS) is 12.8. The molecule has 0 saturated heterocycles. The summed E-state index contributed by atoms with van der Waals surface area (Å²) in [6.07, 6.45) is 3.99. The zero-order valence-corrected chi connectivity index (χ0v) is 12.5. The number of para-hydroxylation sites is 1. The fraction of sp³-hybridized carbons (Fsp3) is 0.438. The Labute approximate surface area is 121 Å². The molecular formula is C16H24N4. The van der Waals surface area contributed by atoms with Crippen LogP contribution >= 0.6 is 0 Å². The van der Waals surface area contributed by atoms with E-state index < -0.39 is 0 Å². The Morgan fingerprint density at radius 3 is 2.55 bits per heavy atom. The summed E-state index contributed by atoms with van der Waals surface area (Å²) >= 11 is 0. The predicted molar refractivity (Wildman–Crippen MR) is 83.0 cm³/mol. The topological polar surface area (TPSA) is 41.9 Å². The van der Waals surface area contributed by atoms with E-state index in [0.717, 1.165) is 18.8 Å². The minimum absolute atomic E-state index is 0.442. The molecule has 4 nitrogen and oxygen atoms in total. The van der Waals surface area contributed by atoms with Crippen molar-refractivity contribution in [3.63, 3.8) is 0 Å². The molecule has 2 N–H and O–H groups in total. The molecule has 0 saturated carbocycles. The van der Waals surface area contributed by atoms with Crippen molar-refractivity contribution >= 4 is 0 Å². The third-order valence-electron chi connectivity index (χ3n) is 3.14. The quantitative estimate of drug-likeness (QED) is 0.813. The average molecular weight is 272 g/mol. The van der Waals surface area contributed by atoms with Crippen LogP contribution in [-0.4, -0.2) is 28.4 Å². The first-order valence-electron chi connectivity index (χ1n) is 7.21. The Kier molecular flexibility index (Phi) is 5.32. The van der Waals surface area contributed by atoms with Crippen molar-refractivity contribution in [2.75, 3.05) is 6.54 Å². The van der Waals surface area contributed by atoms with Crippen LogP contribution in [0.2, 0.25) is 0 Å². The van der Waals surface area contributed by atoms with Crippen LogP contribution in [0, 0.1) is 0 Å². The van der Waals surface area contributed by atoms with Gasteiger partial charge in [0.05, 0.1) is 11.9 Å². The van der Waals surface area contributed by atoms with Crippen LogP contribution in [0.15, 0.2) is 42.7 Å². The summed E-state index contributed by atoms with van der Waals surface area (Å²) in [6.45, 7) is 8.34. The van der Waals surface area contributed by atoms with E-state index in [-0.39, 0.29) is 0 Å². The second kappa shape index (κ2) is 7.22. The second-order valence-corrected chi connectivity index (χ2v) is 5.47. The smallest absolute Gasteiger partial charge is 0.0645 e. The van der Waals surface area contributed by atoms with Crippen LogP contribution in [0.5, 0.6) is 0 Å². The monoisotopic (exact) mass is 272 g/mol. The fourth-order valence-electron chi connectivity index (χ4n) is 1.95. The van der Waals surface area contributed by atoms with Crippen molar-refractivity contribution in [2.45, 2.75) is 39.4 Å². The number of nitrogens with zero attached hydrogens (tertiary/aromatic N) is 2. The van der Waals surface area contributed by atoms with Crippen LogP contribution in [0.25, 0.3) is 5.69 Å². The Balaban J connectivity index is 1.84. The minimum atomic E-state index is 0.442. The van der Waals surface area contributed by atoms with Gasteiger partial charge in [0.2, 0.25) is 0 Å². The molecule has 0 spiro atoms. The molecule has 1 aromatic carbocycles. The van der Waals surface area contributed by atoms with Gasteiger partial charge >= 0.3 is 0 Å². The fourth-order valence-corrected chi connectivity index (χ4v) is 1.95. The summed E-state index contributed by atoms with van der Waals surface area (Å²) in [5.41, 5.74) is 2.29. The van der Waals surface area contributed by atoms with Gasteiger partial charge in [-0.25, -0.2) is 4.68 Å². The van der Waals surface area contributed by atoms with E-state index in [2.05, 4.69) is 54.8 Å². The van der Waals surface area contributed by atoms with E-state index in [9.17, 15) is 0 Å². The molecule has 2 rings (SSSR count). The Morgan fingerprint density at radius 2 is 1.85 bits per heavy atom. The second-order valence-electron chi connectivity index (χ2n) is 5.47. The summed E-state index contributed by atoms with van der Waals surface area (Å²) in [5.74, 6) is 0. The summed E-state index contributed by atoms with van der Waals surface area (Å²) < 4.78 is 1.91. The highest BCUT2D eigenvalue weighted by molar-refractivity contribution is 5.30. The van der Waals surface area contributed by atoms with Gasteiger partial charge in [0.15, 0.2) is 0 Å². The molecule has 0 aliphatic heterocycles. The van der Waals surface area contributed by atoms with E-state index in [4.69, 9.17) is 0 Å². The van der Waals surface area contributed by atoms with Gasteiger partial charge in [-0.05, 0) is 19.1 Å². The van der Waals surface area contributed by atoms with E-state index in [0.29, 0.717) is 12.1 Å². The number of aromatic nitrogens is 2. The van der Waals surface area contributed by atoms with Gasteiger partial charge in [0, 0.05) is 36.9 Å². The molecule has 0 aliphatic rings. The third kappa shape index (κ3) is 4.47. The summed E-state index contributed by atoms with van der Waals surface area (Å²) in [6, 6.07) is 11.1. The lowest BCUT2D eigenvalue weighted by Crippen LogP contribution is -2.38. The van der Waals surface area contributed by atoms with E-state index >= 15 is 0 Å². The number of nitrogens with one attached hydrogen (secondary N) is 2. The molecule has 0 bridgehead atoms. The molecule has 0 radical (unpaired) electrons. The van der Waals surface area contributed by atoms with Crippen LogP contribution in [-0.2, 0) is 6.54 Å². The van der Waals surface area contributed by atoms with E-state index in [1.807, 2.05) is 29.1 Å². The third-order valence-corrected chi connectivity index (χ3v) is 3.14. The van der Waals surface area contributed by atoms with Gasteiger partial charge in [-0.15, -0.1) is 0 Å². The molecule has 4 heteroatoms. The van der Waals surface area contributed by atoms with Crippen molar-refractivity contribution in [3.05, 3.63) is 48.3 Å². The molecule has 1 unspecified atom stereocenters. The van der Waals surface area contributed by atoms with E-state index in [1.54, 1.807) is 0 Å². The van der Waals surface area contributed by atoms with Crippen molar-refractivity contribution in [2.24, 2.45) is 0 Å². The van der Waals surface area contributed by atoms with Gasteiger partial charge in [0.1, 0.15) is 0 Å². The van der Waals surface area contributed by atoms with Crippen LogP contribution in [0.1, 0.15) is 26.3 Å². The summed E-state index contributed by atoms with van der Waals surface area (Å²) in [5, 5.41) is 11.3. The maximum absolute atomic E-state index is 4.40. The Morgan fingerprint density at radius 1 is 1.10 bits per heavy atom.